The van der Waals surface area contributed by atoms with Crippen LogP contribution in [0.4, 0.5) is 5.69 Å². The highest BCUT2D eigenvalue weighted by atomic mass is 28.4. The van der Waals surface area contributed by atoms with Crippen LogP contribution in [0.2, 0.25) is 6.04 Å². The van der Waals surface area contributed by atoms with Gasteiger partial charge in [-0.05, 0) is 25.5 Å². The zero-order valence-electron chi connectivity index (χ0n) is 11.6. The quantitative estimate of drug-likeness (QED) is 0.737. The Morgan fingerprint density at radius 1 is 1.06 bits per heavy atom. The van der Waals surface area contributed by atoms with Crippen LogP contribution >= 0.6 is 0 Å². The zero-order chi connectivity index (χ0) is 13.4. The van der Waals surface area contributed by atoms with E-state index in [1.54, 1.807) is 21.3 Å². The Hall–Kier alpha value is -0.883. The van der Waals surface area contributed by atoms with Gasteiger partial charge >= 0.3 is 8.80 Å². The van der Waals surface area contributed by atoms with Crippen molar-refractivity contribution in [2.75, 3.05) is 26.6 Å². The molecule has 102 valence electrons. The molecule has 0 aliphatic rings. The van der Waals surface area contributed by atoms with E-state index in [2.05, 4.69) is 24.4 Å². The first-order valence-electron chi connectivity index (χ1n) is 6.13. The van der Waals surface area contributed by atoms with E-state index in [-0.39, 0.29) is 0 Å². The van der Waals surface area contributed by atoms with Crippen LogP contribution in [0.5, 0.6) is 0 Å². The predicted molar refractivity (Wildman–Crippen MR) is 75.7 cm³/mol. The lowest BCUT2D eigenvalue weighted by atomic mass is 10.2. The number of nitrogens with one attached hydrogen (secondary N) is 1. The molecule has 1 unspecified atom stereocenters. The number of anilines is 1. The summed E-state index contributed by atoms with van der Waals surface area (Å²) in [6.07, 6.45) is 0.941. The summed E-state index contributed by atoms with van der Waals surface area (Å²) in [5.41, 5.74) is 1.13. The van der Waals surface area contributed by atoms with Crippen molar-refractivity contribution >= 4 is 14.5 Å². The molecule has 0 spiro atoms. The van der Waals surface area contributed by atoms with Gasteiger partial charge in [-0.2, -0.15) is 0 Å². The van der Waals surface area contributed by atoms with Crippen molar-refractivity contribution in [2.24, 2.45) is 0 Å². The van der Waals surface area contributed by atoms with E-state index in [0.717, 1.165) is 18.2 Å². The van der Waals surface area contributed by atoms with Crippen LogP contribution < -0.4 is 5.32 Å². The fraction of sp³-hybridized carbons (Fsp3) is 0.538. The summed E-state index contributed by atoms with van der Waals surface area (Å²) in [5, 5.41) is 3.44. The van der Waals surface area contributed by atoms with Crippen LogP contribution in [0.15, 0.2) is 30.3 Å². The Bertz CT molecular complexity index is 322. The first-order chi connectivity index (χ1) is 8.65. The van der Waals surface area contributed by atoms with Crippen LogP contribution in [-0.4, -0.2) is 36.2 Å². The Balaban J connectivity index is 2.43. The maximum absolute atomic E-state index is 5.40. The van der Waals surface area contributed by atoms with Crippen molar-refractivity contribution in [3.05, 3.63) is 30.3 Å². The van der Waals surface area contributed by atoms with Crippen molar-refractivity contribution < 1.29 is 13.3 Å². The summed E-state index contributed by atoms with van der Waals surface area (Å²) >= 11 is 0. The van der Waals surface area contributed by atoms with Crippen molar-refractivity contribution in [2.45, 2.75) is 25.4 Å². The Morgan fingerprint density at radius 3 is 2.11 bits per heavy atom. The van der Waals surface area contributed by atoms with Gasteiger partial charge in [-0.1, -0.05) is 18.2 Å². The molecular weight excluding hydrogens is 246 g/mol. The van der Waals surface area contributed by atoms with Gasteiger partial charge < -0.3 is 18.6 Å². The van der Waals surface area contributed by atoms with Crippen molar-refractivity contribution in [1.29, 1.82) is 0 Å². The summed E-state index contributed by atoms with van der Waals surface area (Å²) in [5.74, 6) is 0. The molecule has 0 saturated carbocycles. The number of hydrogen-bond acceptors (Lipinski definition) is 4. The van der Waals surface area contributed by atoms with Gasteiger partial charge in [0, 0.05) is 39.1 Å². The highest BCUT2D eigenvalue weighted by molar-refractivity contribution is 6.60. The van der Waals surface area contributed by atoms with E-state index >= 15 is 0 Å². The largest absolute Gasteiger partial charge is 0.500 e. The second-order valence-corrected chi connectivity index (χ2v) is 7.34. The van der Waals surface area contributed by atoms with E-state index < -0.39 is 8.80 Å². The first kappa shape index (κ1) is 15.2. The molecule has 0 amide bonds. The van der Waals surface area contributed by atoms with Crippen LogP contribution in [0.25, 0.3) is 0 Å². The van der Waals surface area contributed by atoms with Gasteiger partial charge in [-0.25, -0.2) is 0 Å². The lowest BCUT2D eigenvalue weighted by Crippen LogP contribution is -2.43. The lowest BCUT2D eigenvalue weighted by molar-refractivity contribution is 0.122. The highest BCUT2D eigenvalue weighted by Gasteiger charge is 2.37. The third-order valence-electron chi connectivity index (χ3n) is 3.00. The molecule has 1 N–H and O–H groups in total. The minimum Gasteiger partial charge on any atom is -0.383 e. The average Bonchev–Trinajstić information content (AvgIpc) is 2.42. The average molecular weight is 269 g/mol. The van der Waals surface area contributed by atoms with Gasteiger partial charge in [0.2, 0.25) is 0 Å². The van der Waals surface area contributed by atoms with Crippen LogP contribution in [0.3, 0.4) is 0 Å². The lowest BCUT2D eigenvalue weighted by Gasteiger charge is -2.26. The second-order valence-electron chi connectivity index (χ2n) is 4.25. The number of para-hydroxylation sites is 1. The topological polar surface area (TPSA) is 39.7 Å². The molecule has 0 bridgehead atoms. The van der Waals surface area contributed by atoms with Crippen molar-refractivity contribution in [3.63, 3.8) is 0 Å². The van der Waals surface area contributed by atoms with Gasteiger partial charge in [0.15, 0.2) is 0 Å². The third kappa shape index (κ3) is 4.42. The standard InChI is InChI=1S/C13H23NO3Si/c1-12(14-13-8-6-5-7-9-13)10-11-18(15-2,16-3)17-4/h5-9,12,14H,10-11H2,1-4H3. The van der Waals surface area contributed by atoms with Crippen LogP contribution in [-0.2, 0) is 13.3 Å². The molecule has 0 aliphatic carbocycles. The molecule has 0 radical (unpaired) electrons. The van der Waals surface area contributed by atoms with Gasteiger partial charge in [0.05, 0.1) is 0 Å². The molecule has 0 aromatic heterocycles. The monoisotopic (exact) mass is 269 g/mol. The van der Waals surface area contributed by atoms with Gasteiger partial charge in [0.1, 0.15) is 0 Å². The Labute approximate surface area is 111 Å². The van der Waals surface area contributed by atoms with E-state index in [1.165, 1.54) is 0 Å². The zero-order valence-corrected chi connectivity index (χ0v) is 12.6. The smallest absolute Gasteiger partial charge is 0.383 e. The molecule has 1 rings (SSSR count). The van der Waals surface area contributed by atoms with Crippen LogP contribution in [0, 0.1) is 0 Å². The van der Waals surface area contributed by atoms with Crippen molar-refractivity contribution in [1.82, 2.24) is 0 Å². The Morgan fingerprint density at radius 2 is 1.61 bits per heavy atom. The maximum atomic E-state index is 5.40. The fourth-order valence-corrected chi connectivity index (χ4v) is 3.74. The minimum atomic E-state index is -2.44. The van der Waals surface area contributed by atoms with E-state index in [1.807, 2.05) is 18.2 Å². The fourth-order valence-electron chi connectivity index (χ4n) is 1.84. The first-order valence-corrected chi connectivity index (χ1v) is 8.06. The minimum absolute atomic E-state index is 0.347. The third-order valence-corrected chi connectivity index (χ3v) is 5.77. The predicted octanol–water partition coefficient (Wildman–Crippen LogP) is 2.76. The van der Waals surface area contributed by atoms with Gasteiger partial charge in [-0.15, -0.1) is 0 Å². The number of rotatable bonds is 8. The molecule has 4 nitrogen and oxygen atoms in total. The molecular formula is C13H23NO3Si. The normalized spacial score (nSPS) is 13.3. The Kier molecular flexibility index (Phi) is 6.35. The van der Waals surface area contributed by atoms with Gasteiger partial charge in [-0.3, -0.25) is 0 Å². The molecule has 1 atom stereocenters. The van der Waals surface area contributed by atoms with E-state index in [0.29, 0.717) is 6.04 Å². The van der Waals surface area contributed by atoms with Crippen molar-refractivity contribution in [3.8, 4) is 0 Å². The SMILES string of the molecule is CO[Si](CCC(C)Nc1ccccc1)(OC)OC. The molecule has 0 heterocycles. The van der Waals surface area contributed by atoms with Gasteiger partial charge in [0.25, 0.3) is 0 Å². The molecule has 1 aromatic rings. The summed E-state index contributed by atoms with van der Waals surface area (Å²) in [6.45, 7) is 2.15. The summed E-state index contributed by atoms with van der Waals surface area (Å²) in [4.78, 5) is 0. The van der Waals surface area contributed by atoms with E-state index in [4.69, 9.17) is 13.3 Å². The van der Waals surface area contributed by atoms with Crippen LogP contribution in [0.1, 0.15) is 13.3 Å². The molecule has 0 fully saturated rings. The number of hydrogen-bond donors (Lipinski definition) is 1. The molecule has 18 heavy (non-hydrogen) atoms. The summed E-state index contributed by atoms with van der Waals surface area (Å²) < 4.78 is 16.2. The second kappa shape index (κ2) is 7.53. The molecule has 0 saturated heterocycles. The summed E-state index contributed by atoms with van der Waals surface area (Å²) in [7, 11) is 2.50. The van der Waals surface area contributed by atoms with E-state index in [9.17, 15) is 0 Å². The molecule has 1 aromatic carbocycles. The maximum Gasteiger partial charge on any atom is 0.500 e. The molecule has 0 aliphatic heterocycles. The molecule has 5 heteroatoms. The highest BCUT2D eigenvalue weighted by Crippen LogP contribution is 2.18. The number of benzene rings is 1. The summed E-state index contributed by atoms with van der Waals surface area (Å²) in [6, 6.07) is 11.3.